The summed E-state index contributed by atoms with van der Waals surface area (Å²) in [5.74, 6) is 1.66. The second kappa shape index (κ2) is 7.32. The summed E-state index contributed by atoms with van der Waals surface area (Å²) < 4.78 is 16.9. The number of para-hydroxylation sites is 2. The van der Waals surface area contributed by atoms with Crippen LogP contribution in [0.3, 0.4) is 0 Å². The molecule has 6 nitrogen and oxygen atoms in total. The van der Waals surface area contributed by atoms with Gasteiger partial charge in [-0.05, 0) is 36.4 Å². The highest BCUT2D eigenvalue weighted by atomic mass is 35.5. The van der Waals surface area contributed by atoms with Crippen LogP contribution in [0.15, 0.2) is 59.1 Å². The Bertz CT molecular complexity index is 955. The van der Waals surface area contributed by atoms with Crippen LogP contribution in [0.4, 0.5) is 0 Å². The Morgan fingerprint density at radius 2 is 1.93 bits per heavy atom. The van der Waals surface area contributed by atoms with Crippen molar-refractivity contribution in [3.8, 4) is 22.8 Å². The van der Waals surface area contributed by atoms with Crippen molar-refractivity contribution >= 4 is 17.5 Å². The molecular formula is C20H17ClN2O4. The molecule has 7 heteroatoms. The zero-order chi connectivity index (χ0) is 18.8. The Morgan fingerprint density at radius 3 is 2.70 bits per heavy atom. The Balaban J connectivity index is 1.42. The molecule has 0 spiro atoms. The van der Waals surface area contributed by atoms with Crippen molar-refractivity contribution in [3.63, 3.8) is 0 Å². The summed E-state index contributed by atoms with van der Waals surface area (Å²) >= 11 is 5.89. The molecule has 1 amide bonds. The lowest BCUT2D eigenvalue weighted by Crippen LogP contribution is -2.41. The molecule has 0 unspecified atom stereocenters. The van der Waals surface area contributed by atoms with E-state index in [9.17, 15) is 4.79 Å². The van der Waals surface area contributed by atoms with Crippen molar-refractivity contribution in [3.05, 3.63) is 65.3 Å². The Kier molecular flexibility index (Phi) is 4.73. The first-order valence-corrected chi connectivity index (χ1v) is 8.84. The van der Waals surface area contributed by atoms with E-state index < -0.39 is 0 Å². The summed E-state index contributed by atoms with van der Waals surface area (Å²) in [5.41, 5.74) is 1.04. The minimum Gasteiger partial charge on any atom is -0.486 e. The topological polar surface area (TPSA) is 64.8 Å². The molecule has 1 aliphatic rings. The van der Waals surface area contributed by atoms with Crippen LogP contribution < -0.4 is 9.47 Å². The standard InChI is InChI=1S/C20H17ClN2O4/c1-23(11-15-12-25-17-4-2-3-5-18(17)26-15)20(24)16-10-19(27-22-16)13-6-8-14(21)9-7-13/h2-10,15H,11-12H2,1H3/t15-/m1/s1. The lowest BCUT2D eigenvalue weighted by atomic mass is 10.1. The van der Waals surface area contributed by atoms with E-state index in [0.29, 0.717) is 35.4 Å². The van der Waals surface area contributed by atoms with E-state index in [1.165, 1.54) is 0 Å². The predicted molar refractivity (Wildman–Crippen MR) is 100 cm³/mol. The molecule has 3 aromatic rings. The fourth-order valence-corrected chi connectivity index (χ4v) is 2.99. The average molecular weight is 385 g/mol. The Labute approximate surface area is 161 Å². The number of carbonyl (C=O) groups excluding carboxylic acids is 1. The lowest BCUT2D eigenvalue weighted by molar-refractivity contribution is 0.0515. The molecule has 0 N–H and O–H groups in total. The first kappa shape index (κ1) is 17.4. The summed E-state index contributed by atoms with van der Waals surface area (Å²) in [6, 6.07) is 16.2. The maximum absolute atomic E-state index is 12.6. The van der Waals surface area contributed by atoms with Crippen LogP contribution in [0.2, 0.25) is 5.02 Å². The smallest absolute Gasteiger partial charge is 0.275 e. The van der Waals surface area contributed by atoms with E-state index in [2.05, 4.69) is 5.16 Å². The SMILES string of the molecule is CN(C[C@@H]1COc2ccccc2O1)C(=O)c1cc(-c2ccc(Cl)cc2)on1. The molecule has 1 aromatic heterocycles. The van der Waals surface area contributed by atoms with Crippen LogP contribution in [0.1, 0.15) is 10.5 Å². The van der Waals surface area contributed by atoms with Crippen LogP contribution in [-0.2, 0) is 0 Å². The molecule has 0 saturated carbocycles. The Morgan fingerprint density at radius 1 is 1.19 bits per heavy atom. The van der Waals surface area contributed by atoms with Gasteiger partial charge in [-0.25, -0.2) is 0 Å². The number of nitrogens with zero attached hydrogens (tertiary/aromatic N) is 2. The normalized spacial score (nSPS) is 15.4. The van der Waals surface area contributed by atoms with Gasteiger partial charge in [0.2, 0.25) is 0 Å². The van der Waals surface area contributed by atoms with Gasteiger partial charge in [0.25, 0.3) is 5.91 Å². The van der Waals surface area contributed by atoms with E-state index >= 15 is 0 Å². The summed E-state index contributed by atoms with van der Waals surface area (Å²) in [4.78, 5) is 14.2. The summed E-state index contributed by atoms with van der Waals surface area (Å²) in [5, 5.41) is 4.52. The van der Waals surface area contributed by atoms with E-state index in [-0.39, 0.29) is 17.7 Å². The molecule has 1 atom stereocenters. The van der Waals surface area contributed by atoms with Crippen LogP contribution in [0, 0.1) is 0 Å². The van der Waals surface area contributed by atoms with Gasteiger partial charge in [-0.15, -0.1) is 0 Å². The first-order valence-electron chi connectivity index (χ1n) is 8.47. The van der Waals surface area contributed by atoms with Gasteiger partial charge in [0.05, 0.1) is 6.54 Å². The zero-order valence-corrected chi connectivity index (χ0v) is 15.3. The molecule has 0 fully saturated rings. The van der Waals surface area contributed by atoms with Crippen molar-refractivity contribution in [2.75, 3.05) is 20.2 Å². The molecule has 0 bridgehead atoms. The van der Waals surface area contributed by atoms with Crippen molar-refractivity contribution in [2.45, 2.75) is 6.10 Å². The van der Waals surface area contributed by atoms with E-state index in [0.717, 1.165) is 5.56 Å². The third-order valence-electron chi connectivity index (χ3n) is 4.25. The fraction of sp³-hybridized carbons (Fsp3) is 0.200. The number of halogens is 1. The van der Waals surface area contributed by atoms with Gasteiger partial charge in [0.1, 0.15) is 6.61 Å². The highest BCUT2D eigenvalue weighted by Crippen LogP contribution is 2.31. The number of ether oxygens (including phenoxy) is 2. The van der Waals surface area contributed by atoms with Crippen molar-refractivity contribution in [1.29, 1.82) is 0 Å². The van der Waals surface area contributed by atoms with Crippen molar-refractivity contribution in [2.24, 2.45) is 0 Å². The minimum absolute atomic E-state index is 0.236. The molecule has 0 saturated heterocycles. The number of rotatable bonds is 4. The van der Waals surface area contributed by atoms with Gasteiger partial charge >= 0.3 is 0 Å². The van der Waals surface area contributed by atoms with Crippen molar-refractivity contribution < 1.29 is 18.8 Å². The molecule has 0 radical (unpaired) electrons. The molecule has 1 aliphatic heterocycles. The second-order valence-electron chi connectivity index (χ2n) is 6.27. The summed E-state index contributed by atoms with van der Waals surface area (Å²) in [7, 11) is 1.70. The highest BCUT2D eigenvalue weighted by Gasteiger charge is 2.25. The first-order chi connectivity index (χ1) is 13.1. The van der Waals surface area contributed by atoms with E-state index in [1.807, 2.05) is 36.4 Å². The van der Waals surface area contributed by atoms with Gasteiger partial charge in [-0.2, -0.15) is 0 Å². The number of likely N-dealkylation sites (N-methyl/N-ethyl adjacent to an activating group) is 1. The third kappa shape index (κ3) is 3.75. The number of carbonyl (C=O) groups is 1. The molecule has 0 aliphatic carbocycles. The van der Waals surface area contributed by atoms with Crippen LogP contribution in [0.5, 0.6) is 11.5 Å². The van der Waals surface area contributed by atoms with Crippen molar-refractivity contribution in [1.82, 2.24) is 10.1 Å². The number of benzene rings is 2. The molecule has 27 heavy (non-hydrogen) atoms. The average Bonchev–Trinajstić information content (AvgIpc) is 3.18. The number of aromatic nitrogens is 1. The number of fused-ring (bicyclic) bond motifs is 1. The van der Waals surface area contributed by atoms with Gasteiger partial charge in [-0.1, -0.05) is 28.9 Å². The van der Waals surface area contributed by atoms with Crippen LogP contribution >= 0.6 is 11.6 Å². The van der Waals surface area contributed by atoms with E-state index in [1.54, 1.807) is 30.1 Å². The monoisotopic (exact) mass is 384 g/mol. The largest absolute Gasteiger partial charge is 0.486 e. The molecule has 138 valence electrons. The van der Waals surface area contributed by atoms with Crippen LogP contribution in [-0.4, -0.2) is 42.3 Å². The minimum atomic E-state index is -0.253. The molecule has 4 rings (SSSR count). The summed E-state index contributed by atoms with van der Waals surface area (Å²) in [6.45, 7) is 0.750. The Hall–Kier alpha value is -2.99. The van der Waals surface area contributed by atoms with Gasteiger partial charge in [0.15, 0.2) is 29.1 Å². The summed E-state index contributed by atoms with van der Waals surface area (Å²) in [6.07, 6.45) is -0.253. The molecule has 2 aromatic carbocycles. The number of hydrogen-bond donors (Lipinski definition) is 0. The maximum Gasteiger partial charge on any atom is 0.275 e. The van der Waals surface area contributed by atoms with E-state index in [4.69, 9.17) is 25.6 Å². The third-order valence-corrected chi connectivity index (χ3v) is 4.50. The van der Waals surface area contributed by atoms with Crippen LogP contribution in [0.25, 0.3) is 11.3 Å². The number of amides is 1. The fourth-order valence-electron chi connectivity index (χ4n) is 2.86. The number of hydrogen-bond acceptors (Lipinski definition) is 5. The highest BCUT2D eigenvalue weighted by molar-refractivity contribution is 6.30. The zero-order valence-electron chi connectivity index (χ0n) is 14.6. The predicted octanol–water partition coefficient (Wildman–Crippen LogP) is 3.91. The van der Waals surface area contributed by atoms with Gasteiger partial charge in [-0.3, -0.25) is 4.79 Å². The van der Waals surface area contributed by atoms with Gasteiger partial charge in [0, 0.05) is 23.7 Å². The quantitative estimate of drug-likeness (QED) is 0.682. The molecule has 2 heterocycles. The molecular weight excluding hydrogens is 368 g/mol. The lowest BCUT2D eigenvalue weighted by Gasteiger charge is -2.29. The second-order valence-corrected chi connectivity index (χ2v) is 6.70. The maximum atomic E-state index is 12.6. The van der Waals surface area contributed by atoms with Gasteiger partial charge < -0.3 is 18.9 Å².